The van der Waals surface area contributed by atoms with Gasteiger partial charge in [0.25, 0.3) is 0 Å². The largest absolute Gasteiger partial charge is 0.383 e. The third-order valence-corrected chi connectivity index (χ3v) is 4.46. The summed E-state index contributed by atoms with van der Waals surface area (Å²) < 4.78 is 52.2. The van der Waals surface area contributed by atoms with E-state index in [1.54, 1.807) is 24.5 Å². The van der Waals surface area contributed by atoms with Gasteiger partial charge in [0.15, 0.2) is 0 Å². The summed E-state index contributed by atoms with van der Waals surface area (Å²) in [5, 5.41) is 0. The SMILES string of the molecule is CS(=O)(=O)Oc1ccc(N(Cc2cccnc2)S(C)(=O)=O)cc1. The van der Waals surface area contributed by atoms with Crippen molar-refractivity contribution in [3.05, 3.63) is 54.4 Å². The van der Waals surface area contributed by atoms with E-state index in [0.29, 0.717) is 5.69 Å². The lowest BCUT2D eigenvalue weighted by Gasteiger charge is -2.22. The zero-order chi connectivity index (χ0) is 17.1. The van der Waals surface area contributed by atoms with E-state index in [1.807, 2.05) is 0 Å². The number of nitrogens with zero attached hydrogens (tertiary/aromatic N) is 2. The van der Waals surface area contributed by atoms with E-state index < -0.39 is 20.1 Å². The average Bonchev–Trinajstić information content (AvgIpc) is 2.44. The molecule has 0 bridgehead atoms. The highest BCUT2D eigenvalue weighted by Crippen LogP contribution is 2.24. The van der Waals surface area contributed by atoms with Gasteiger partial charge in [-0.1, -0.05) is 6.07 Å². The molecule has 0 fully saturated rings. The van der Waals surface area contributed by atoms with E-state index >= 15 is 0 Å². The summed E-state index contributed by atoms with van der Waals surface area (Å²) in [4.78, 5) is 3.96. The van der Waals surface area contributed by atoms with Crippen LogP contribution in [0.5, 0.6) is 5.75 Å². The molecule has 0 spiro atoms. The van der Waals surface area contributed by atoms with Crippen molar-refractivity contribution < 1.29 is 21.0 Å². The van der Waals surface area contributed by atoms with Crippen LogP contribution in [0, 0.1) is 0 Å². The van der Waals surface area contributed by atoms with Crippen LogP contribution < -0.4 is 8.49 Å². The summed E-state index contributed by atoms with van der Waals surface area (Å²) in [5.41, 5.74) is 1.13. The van der Waals surface area contributed by atoms with Crippen molar-refractivity contribution in [1.82, 2.24) is 4.98 Å². The second kappa shape index (κ2) is 6.55. The molecule has 1 aromatic heterocycles. The van der Waals surface area contributed by atoms with Gasteiger partial charge in [0.2, 0.25) is 10.0 Å². The number of aromatic nitrogens is 1. The molecular formula is C14H16N2O5S2. The van der Waals surface area contributed by atoms with Gasteiger partial charge in [0.1, 0.15) is 5.75 Å². The first-order valence-corrected chi connectivity index (χ1v) is 10.2. The molecule has 124 valence electrons. The van der Waals surface area contributed by atoms with Gasteiger partial charge in [-0.25, -0.2) is 8.42 Å². The van der Waals surface area contributed by atoms with Crippen LogP contribution in [-0.2, 0) is 26.7 Å². The minimum absolute atomic E-state index is 0.117. The second-order valence-electron chi connectivity index (χ2n) is 4.91. The maximum Gasteiger partial charge on any atom is 0.306 e. The standard InChI is InChI=1S/C14H16N2O5S2/c1-22(17,18)16(11-12-4-3-9-15-10-12)13-5-7-14(8-6-13)21-23(2,19)20/h3-10H,11H2,1-2H3. The van der Waals surface area contributed by atoms with Gasteiger partial charge in [-0.05, 0) is 35.9 Å². The van der Waals surface area contributed by atoms with E-state index in [-0.39, 0.29) is 12.3 Å². The Bertz CT molecular complexity index is 863. The average molecular weight is 356 g/mol. The molecule has 0 aliphatic carbocycles. The number of sulfonamides is 1. The van der Waals surface area contributed by atoms with Crippen molar-refractivity contribution in [2.24, 2.45) is 0 Å². The monoisotopic (exact) mass is 356 g/mol. The van der Waals surface area contributed by atoms with Crippen LogP contribution in [-0.4, -0.2) is 34.3 Å². The van der Waals surface area contributed by atoms with Crippen molar-refractivity contribution in [1.29, 1.82) is 0 Å². The first-order valence-electron chi connectivity index (χ1n) is 6.51. The highest BCUT2D eigenvalue weighted by molar-refractivity contribution is 7.92. The molecular weight excluding hydrogens is 340 g/mol. The summed E-state index contributed by atoms with van der Waals surface area (Å²) in [5.74, 6) is 0.117. The highest BCUT2D eigenvalue weighted by atomic mass is 32.2. The van der Waals surface area contributed by atoms with Gasteiger partial charge in [-0.3, -0.25) is 9.29 Å². The van der Waals surface area contributed by atoms with E-state index in [4.69, 9.17) is 4.18 Å². The van der Waals surface area contributed by atoms with Crippen molar-refractivity contribution in [2.75, 3.05) is 16.8 Å². The lowest BCUT2D eigenvalue weighted by atomic mass is 10.2. The lowest BCUT2D eigenvalue weighted by Crippen LogP contribution is -2.29. The highest BCUT2D eigenvalue weighted by Gasteiger charge is 2.18. The zero-order valence-electron chi connectivity index (χ0n) is 12.6. The Morgan fingerprint density at radius 2 is 1.70 bits per heavy atom. The molecule has 0 aliphatic rings. The Balaban J connectivity index is 2.30. The van der Waals surface area contributed by atoms with Gasteiger partial charge in [0.05, 0.1) is 24.7 Å². The third kappa shape index (κ3) is 5.22. The van der Waals surface area contributed by atoms with Gasteiger partial charge in [-0.2, -0.15) is 8.42 Å². The number of benzene rings is 1. The van der Waals surface area contributed by atoms with Crippen molar-refractivity contribution in [2.45, 2.75) is 6.54 Å². The van der Waals surface area contributed by atoms with Crippen molar-refractivity contribution in [3.63, 3.8) is 0 Å². The number of hydrogen-bond donors (Lipinski definition) is 0. The quantitative estimate of drug-likeness (QED) is 0.726. The second-order valence-corrected chi connectivity index (χ2v) is 8.39. The fraction of sp³-hybridized carbons (Fsp3) is 0.214. The topological polar surface area (TPSA) is 93.6 Å². The number of hydrogen-bond acceptors (Lipinski definition) is 6. The summed E-state index contributed by atoms with van der Waals surface area (Å²) >= 11 is 0. The van der Waals surface area contributed by atoms with Gasteiger partial charge >= 0.3 is 10.1 Å². The van der Waals surface area contributed by atoms with Crippen LogP contribution in [0.1, 0.15) is 5.56 Å². The normalized spacial score (nSPS) is 11.9. The first-order chi connectivity index (χ1) is 10.6. The molecule has 1 aromatic carbocycles. The molecule has 23 heavy (non-hydrogen) atoms. The molecule has 0 saturated heterocycles. The minimum atomic E-state index is -3.63. The van der Waals surface area contributed by atoms with Gasteiger partial charge in [0, 0.05) is 12.4 Å². The fourth-order valence-electron chi connectivity index (χ4n) is 1.90. The zero-order valence-corrected chi connectivity index (χ0v) is 14.2. The van der Waals surface area contributed by atoms with Crippen LogP contribution in [0.2, 0.25) is 0 Å². The summed E-state index contributed by atoms with van der Waals surface area (Å²) in [7, 11) is -7.14. The predicted molar refractivity (Wildman–Crippen MR) is 87.2 cm³/mol. The van der Waals surface area contributed by atoms with Gasteiger partial charge in [-0.15, -0.1) is 0 Å². The molecule has 0 unspecified atom stereocenters. The van der Waals surface area contributed by atoms with Crippen molar-refractivity contribution >= 4 is 25.8 Å². The van der Waals surface area contributed by atoms with Gasteiger partial charge < -0.3 is 4.18 Å². The minimum Gasteiger partial charge on any atom is -0.383 e. The van der Waals surface area contributed by atoms with Crippen LogP contribution in [0.25, 0.3) is 0 Å². The van der Waals surface area contributed by atoms with E-state index in [9.17, 15) is 16.8 Å². The molecule has 0 aliphatic heterocycles. The lowest BCUT2D eigenvalue weighted by molar-refractivity contribution is 0.493. The molecule has 0 radical (unpaired) electrons. The molecule has 0 N–H and O–H groups in total. The molecule has 1 heterocycles. The number of rotatable bonds is 6. The maximum atomic E-state index is 12.0. The molecule has 0 amide bonds. The molecule has 7 nitrogen and oxygen atoms in total. The molecule has 0 atom stereocenters. The fourth-order valence-corrected chi connectivity index (χ4v) is 3.25. The van der Waals surface area contributed by atoms with Crippen LogP contribution in [0.4, 0.5) is 5.69 Å². The van der Waals surface area contributed by atoms with Crippen LogP contribution in [0.15, 0.2) is 48.8 Å². The summed E-state index contributed by atoms with van der Waals surface area (Å²) in [6.07, 6.45) is 5.22. The Kier molecular flexibility index (Phi) is 4.90. The smallest absolute Gasteiger partial charge is 0.306 e. The Morgan fingerprint density at radius 1 is 1.04 bits per heavy atom. The Labute approximate surface area is 135 Å². The van der Waals surface area contributed by atoms with Crippen LogP contribution in [0.3, 0.4) is 0 Å². The Hall–Kier alpha value is -2.13. The molecule has 9 heteroatoms. The van der Waals surface area contributed by atoms with Crippen LogP contribution >= 0.6 is 0 Å². The summed E-state index contributed by atoms with van der Waals surface area (Å²) in [6, 6.07) is 9.26. The Morgan fingerprint density at radius 3 is 2.17 bits per heavy atom. The molecule has 2 rings (SSSR count). The molecule has 2 aromatic rings. The summed E-state index contributed by atoms with van der Waals surface area (Å²) in [6.45, 7) is 0.124. The maximum absolute atomic E-state index is 12.0. The van der Waals surface area contributed by atoms with Crippen molar-refractivity contribution in [3.8, 4) is 5.75 Å². The number of anilines is 1. The van der Waals surface area contributed by atoms with E-state index in [0.717, 1.165) is 18.1 Å². The number of pyridine rings is 1. The van der Waals surface area contributed by atoms with E-state index in [2.05, 4.69) is 4.98 Å². The third-order valence-electron chi connectivity index (χ3n) is 2.82. The first kappa shape index (κ1) is 17.2. The predicted octanol–water partition coefficient (Wildman–Crippen LogP) is 1.39. The van der Waals surface area contributed by atoms with E-state index in [1.165, 1.54) is 28.6 Å². The molecule has 0 saturated carbocycles.